The van der Waals surface area contributed by atoms with E-state index < -0.39 is 0 Å². The van der Waals surface area contributed by atoms with E-state index in [0.717, 1.165) is 5.52 Å². The molecule has 1 amide bonds. The van der Waals surface area contributed by atoms with Crippen LogP contribution >= 0.6 is 0 Å². The number of benzene rings is 2. The van der Waals surface area contributed by atoms with Crippen LogP contribution in [0.3, 0.4) is 0 Å². The Kier molecular flexibility index (Phi) is 5.09. The van der Waals surface area contributed by atoms with Crippen LogP contribution in [0, 0.1) is 0 Å². The molecule has 0 saturated heterocycles. The maximum absolute atomic E-state index is 13.1. The monoisotopic (exact) mass is 407 g/mol. The van der Waals surface area contributed by atoms with Crippen LogP contribution in [-0.2, 0) is 17.8 Å². The Bertz CT molecular complexity index is 1310. The van der Waals surface area contributed by atoms with E-state index in [1.807, 2.05) is 25.1 Å². The standard InChI is InChI=1S/C21H21N5O4/c1-4-18-23-24-20-21(28)25(15-7-5-6-8-16(15)26(18)20)12-19(27)22-14-10-9-13(29-2)11-17(14)30-3/h5-11H,4,12H2,1-3H3,(H,22,27). The number of hydrogen-bond acceptors (Lipinski definition) is 6. The number of carbonyl (C=O) groups excluding carboxylic acids is 1. The summed E-state index contributed by atoms with van der Waals surface area (Å²) in [5, 5.41) is 11.0. The Hall–Kier alpha value is -3.88. The van der Waals surface area contributed by atoms with Gasteiger partial charge >= 0.3 is 0 Å². The zero-order chi connectivity index (χ0) is 21.3. The molecule has 0 atom stereocenters. The van der Waals surface area contributed by atoms with Gasteiger partial charge in [0.15, 0.2) is 0 Å². The molecule has 9 heteroatoms. The third-order valence-corrected chi connectivity index (χ3v) is 4.88. The fourth-order valence-electron chi connectivity index (χ4n) is 3.44. The first-order chi connectivity index (χ1) is 14.6. The number of aryl methyl sites for hydroxylation is 1. The summed E-state index contributed by atoms with van der Waals surface area (Å²) in [6.07, 6.45) is 0.631. The maximum atomic E-state index is 13.1. The van der Waals surface area contributed by atoms with E-state index in [-0.39, 0.29) is 23.7 Å². The second-order valence-electron chi connectivity index (χ2n) is 6.62. The molecule has 0 unspecified atom stereocenters. The lowest BCUT2D eigenvalue weighted by Gasteiger charge is -2.14. The van der Waals surface area contributed by atoms with Crippen LogP contribution < -0.4 is 20.3 Å². The molecule has 0 radical (unpaired) electrons. The van der Waals surface area contributed by atoms with Gasteiger partial charge in [0.05, 0.1) is 30.9 Å². The van der Waals surface area contributed by atoms with Gasteiger partial charge in [0.1, 0.15) is 23.9 Å². The summed E-state index contributed by atoms with van der Waals surface area (Å²) in [7, 11) is 3.06. The third kappa shape index (κ3) is 3.24. The third-order valence-electron chi connectivity index (χ3n) is 4.88. The van der Waals surface area contributed by atoms with E-state index >= 15 is 0 Å². The van der Waals surface area contributed by atoms with Gasteiger partial charge in [-0.1, -0.05) is 19.1 Å². The molecule has 30 heavy (non-hydrogen) atoms. The molecule has 0 saturated carbocycles. The Morgan fingerprint density at radius 1 is 1.07 bits per heavy atom. The van der Waals surface area contributed by atoms with Crippen LogP contribution in [0.1, 0.15) is 12.7 Å². The number of rotatable bonds is 6. The number of anilines is 1. The Morgan fingerprint density at radius 2 is 1.83 bits per heavy atom. The lowest BCUT2D eigenvalue weighted by Crippen LogP contribution is -2.29. The molecular weight excluding hydrogens is 386 g/mol. The van der Waals surface area contributed by atoms with Crippen molar-refractivity contribution in [2.45, 2.75) is 19.9 Å². The lowest BCUT2D eigenvalue weighted by atomic mass is 10.2. The van der Waals surface area contributed by atoms with Crippen molar-refractivity contribution in [3.8, 4) is 11.5 Å². The molecule has 4 rings (SSSR count). The quantitative estimate of drug-likeness (QED) is 0.526. The van der Waals surface area contributed by atoms with E-state index in [1.54, 1.807) is 35.8 Å². The second kappa shape index (κ2) is 7.86. The van der Waals surface area contributed by atoms with Crippen LogP contribution in [0.5, 0.6) is 11.5 Å². The lowest BCUT2D eigenvalue weighted by molar-refractivity contribution is -0.116. The highest BCUT2D eigenvalue weighted by Crippen LogP contribution is 2.29. The van der Waals surface area contributed by atoms with Crippen LogP contribution in [0.2, 0.25) is 0 Å². The molecule has 0 spiro atoms. The zero-order valence-corrected chi connectivity index (χ0v) is 16.9. The average molecular weight is 407 g/mol. The van der Waals surface area contributed by atoms with Gasteiger partial charge < -0.3 is 14.8 Å². The van der Waals surface area contributed by atoms with Crippen LogP contribution in [0.25, 0.3) is 16.7 Å². The highest BCUT2D eigenvalue weighted by Gasteiger charge is 2.18. The summed E-state index contributed by atoms with van der Waals surface area (Å²) in [6, 6.07) is 12.5. The average Bonchev–Trinajstić information content (AvgIpc) is 3.21. The summed E-state index contributed by atoms with van der Waals surface area (Å²) >= 11 is 0. The molecule has 9 nitrogen and oxygen atoms in total. The predicted molar refractivity (Wildman–Crippen MR) is 112 cm³/mol. The summed E-state index contributed by atoms with van der Waals surface area (Å²) in [5.41, 5.74) is 1.70. The summed E-state index contributed by atoms with van der Waals surface area (Å²) in [5.74, 6) is 1.39. The van der Waals surface area contributed by atoms with Crippen molar-refractivity contribution in [3.63, 3.8) is 0 Å². The number of para-hydroxylation sites is 2. The van der Waals surface area contributed by atoms with Crippen molar-refractivity contribution >= 4 is 28.3 Å². The fourth-order valence-corrected chi connectivity index (χ4v) is 3.44. The Morgan fingerprint density at radius 3 is 2.53 bits per heavy atom. The van der Waals surface area contributed by atoms with Crippen LogP contribution in [-0.4, -0.2) is 39.3 Å². The Balaban J connectivity index is 1.74. The normalized spacial score (nSPS) is 11.0. The van der Waals surface area contributed by atoms with E-state index in [1.165, 1.54) is 11.7 Å². The first kappa shape index (κ1) is 19.4. The topological polar surface area (TPSA) is 99.8 Å². The van der Waals surface area contributed by atoms with Gasteiger partial charge in [0.2, 0.25) is 11.6 Å². The highest BCUT2D eigenvalue weighted by atomic mass is 16.5. The van der Waals surface area contributed by atoms with E-state index in [9.17, 15) is 9.59 Å². The predicted octanol–water partition coefficient (Wildman–Crippen LogP) is 2.26. The fraction of sp³-hybridized carbons (Fsp3) is 0.238. The summed E-state index contributed by atoms with van der Waals surface area (Å²) < 4.78 is 13.7. The minimum atomic E-state index is -0.377. The largest absolute Gasteiger partial charge is 0.497 e. The van der Waals surface area contributed by atoms with Crippen molar-refractivity contribution < 1.29 is 14.3 Å². The molecule has 0 aliphatic rings. The number of carbonyl (C=O) groups is 1. The SMILES string of the molecule is CCc1nnc2c(=O)n(CC(=O)Nc3ccc(OC)cc3OC)c3ccccc3n12. The molecule has 4 aromatic rings. The van der Waals surface area contributed by atoms with E-state index in [2.05, 4.69) is 15.5 Å². The first-order valence-corrected chi connectivity index (χ1v) is 9.44. The van der Waals surface area contributed by atoms with E-state index in [4.69, 9.17) is 9.47 Å². The first-order valence-electron chi connectivity index (χ1n) is 9.44. The Labute approximate surface area is 171 Å². The number of amides is 1. The molecule has 154 valence electrons. The van der Waals surface area contributed by atoms with Crippen molar-refractivity contribution in [3.05, 3.63) is 58.6 Å². The number of methoxy groups -OCH3 is 2. The number of hydrogen-bond donors (Lipinski definition) is 1. The molecule has 0 aliphatic heterocycles. The molecule has 2 heterocycles. The smallest absolute Gasteiger partial charge is 0.297 e. The van der Waals surface area contributed by atoms with E-state index in [0.29, 0.717) is 34.9 Å². The minimum absolute atomic E-state index is 0.181. The molecule has 0 fully saturated rings. The van der Waals surface area contributed by atoms with Crippen molar-refractivity contribution in [1.82, 2.24) is 19.2 Å². The number of fused-ring (bicyclic) bond motifs is 3. The minimum Gasteiger partial charge on any atom is -0.497 e. The summed E-state index contributed by atoms with van der Waals surface area (Å²) in [6.45, 7) is 1.77. The van der Waals surface area contributed by atoms with Gasteiger partial charge in [-0.05, 0) is 24.3 Å². The molecule has 0 bridgehead atoms. The molecule has 2 aromatic carbocycles. The van der Waals surface area contributed by atoms with Gasteiger partial charge in [0.25, 0.3) is 5.56 Å². The summed E-state index contributed by atoms with van der Waals surface area (Å²) in [4.78, 5) is 25.9. The zero-order valence-electron chi connectivity index (χ0n) is 16.9. The van der Waals surface area contributed by atoms with Crippen LogP contribution in [0.4, 0.5) is 5.69 Å². The van der Waals surface area contributed by atoms with Gasteiger partial charge in [0, 0.05) is 12.5 Å². The second-order valence-corrected chi connectivity index (χ2v) is 6.62. The molecule has 1 N–H and O–H groups in total. The van der Waals surface area contributed by atoms with Gasteiger partial charge in [-0.3, -0.25) is 18.6 Å². The van der Waals surface area contributed by atoms with Gasteiger partial charge in [-0.15, -0.1) is 10.2 Å². The van der Waals surface area contributed by atoms with Gasteiger partial charge in [-0.25, -0.2) is 0 Å². The van der Waals surface area contributed by atoms with Gasteiger partial charge in [-0.2, -0.15) is 0 Å². The highest BCUT2D eigenvalue weighted by molar-refractivity contribution is 5.93. The van der Waals surface area contributed by atoms with Crippen LogP contribution in [0.15, 0.2) is 47.3 Å². The van der Waals surface area contributed by atoms with Crippen molar-refractivity contribution in [2.24, 2.45) is 0 Å². The number of aromatic nitrogens is 4. The maximum Gasteiger partial charge on any atom is 0.297 e. The number of nitrogens with zero attached hydrogens (tertiary/aromatic N) is 4. The number of ether oxygens (including phenoxy) is 2. The molecule has 0 aliphatic carbocycles. The van der Waals surface area contributed by atoms with Crippen molar-refractivity contribution in [2.75, 3.05) is 19.5 Å². The van der Waals surface area contributed by atoms with Crippen molar-refractivity contribution in [1.29, 1.82) is 0 Å². The molecule has 2 aromatic heterocycles. The molecular formula is C21H21N5O4. The number of nitrogens with one attached hydrogen (secondary N) is 1.